The molecule has 2 rings (SSSR count). The molecule has 0 radical (unpaired) electrons. The number of allylic oxidation sites excluding steroid dienone is 3. The Labute approximate surface area is 115 Å². The summed E-state index contributed by atoms with van der Waals surface area (Å²) in [5.41, 5.74) is 0.312. The Morgan fingerprint density at radius 2 is 1.68 bits per heavy atom. The minimum Gasteiger partial charge on any atom is -0.468 e. The van der Waals surface area contributed by atoms with E-state index in [4.69, 9.17) is 18.8 Å². The fourth-order valence-electron chi connectivity index (χ4n) is 2.12. The van der Waals surface area contributed by atoms with E-state index in [1.54, 1.807) is 7.11 Å². The average Bonchev–Trinajstić information content (AvgIpc) is 2.56. The lowest BCUT2D eigenvalue weighted by molar-refractivity contribution is 0.00578. The summed E-state index contributed by atoms with van der Waals surface area (Å²) in [5, 5.41) is 0. The molecule has 1 aliphatic heterocycles. The van der Waals surface area contributed by atoms with Gasteiger partial charge in [0.1, 0.15) is 5.76 Å². The maximum atomic E-state index is 6.06. The molecule has 1 saturated heterocycles. The average molecular weight is 266 g/mol. The van der Waals surface area contributed by atoms with Crippen LogP contribution in [0.5, 0.6) is 0 Å². The molecular formula is C14H23BO4. The Bertz CT molecular complexity index is 382. The zero-order valence-electron chi connectivity index (χ0n) is 12.5. The highest BCUT2D eigenvalue weighted by atomic mass is 16.7. The monoisotopic (exact) mass is 266 g/mol. The van der Waals surface area contributed by atoms with Crippen LogP contribution in [0.3, 0.4) is 0 Å². The lowest BCUT2D eigenvalue weighted by Gasteiger charge is -2.32. The third kappa shape index (κ3) is 2.88. The van der Waals surface area contributed by atoms with Crippen molar-refractivity contribution in [2.45, 2.75) is 51.7 Å². The van der Waals surface area contributed by atoms with E-state index in [-0.39, 0.29) is 25.1 Å². The fraction of sp³-hybridized carbons (Fsp3) is 0.714. The predicted octanol–water partition coefficient (Wildman–Crippen LogP) is 2.84. The quantitative estimate of drug-likeness (QED) is 0.579. The van der Waals surface area contributed by atoms with Gasteiger partial charge >= 0.3 is 7.12 Å². The molecule has 0 unspecified atom stereocenters. The molecule has 0 aromatic rings. The molecule has 1 aliphatic carbocycles. The van der Waals surface area contributed by atoms with Crippen molar-refractivity contribution >= 4 is 7.12 Å². The van der Waals surface area contributed by atoms with Gasteiger partial charge in [-0.15, -0.1) is 0 Å². The van der Waals surface area contributed by atoms with Gasteiger partial charge in [-0.1, -0.05) is 6.08 Å². The molecule has 0 N–H and O–H groups in total. The number of hydrogen-bond donors (Lipinski definition) is 0. The first kappa shape index (κ1) is 14.6. The van der Waals surface area contributed by atoms with Gasteiger partial charge < -0.3 is 18.8 Å². The van der Waals surface area contributed by atoms with Crippen LogP contribution >= 0.6 is 0 Å². The number of rotatable bonds is 4. The highest BCUT2D eigenvalue weighted by Crippen LogP contribution is 2.40. The van der Waals surface area contributed by atoms with Gasteiger partial charge in [-0.25, -0.2) is 0 Å². The standard InChI is InChI=1S/C14H23BO4/c1-13(2)14(3,4)19-15(18-13)11-8-6-7-9-12(11)17-10-16-5/h8-9H,6-7,10H2,1-5H3. The number of hydrogen-bond acceptors (Lipinski definition) is 4. The van der Waals surface area contributed by atoms with Crippen molar-refractivity contribution < 1.29 is 18.8 Å². The summed E-state index contributed by atoms with van der Waals surface area (Å²) in [7, 11) is 1.25. The second-order valence-corrected chi connectivity index (χ2v) is 5.94. The lowest BCUT2D eigenvalue weighted by atomic mass is 9.74. The number of methoxy groups -OCH3 is 1. The van der Waals surface area contributed by atoms with E-state index in [0.29, 0.717) is 0 Å². The molecule has 0 aromatic heterocycles. The maximum Gasteiger partial charge on any atom is 0.498 e. The highest BCUT2D eigenvalue weighted by Gasteiger charge is 2.53. The van der Waals surface area contributed by atoms with E-state index < -0.39 is 0 Å². The minimum atomic E-state index is -0.367. The predicted molar refractivity (Wildman–Crippen MR) is 74.4 cm³/mol. The summed E-state index contributed by atoms with van der Waals surface area (Å²) >= 11 is 0. The first-order valence-electron chi connectivity index (χ1n) is 6.75. The molecule has 2 aliphatic rings. The van der Waals surface area contributed by atoms with E-state index in [9.17, 15) is 0 Å². The summed E-state index contributed by atoms with van der Waals surface area (Å²) in [4.78, 5) is 0. The molecule has 0 bridgehead atoms. The van der Waals surface area contributed by atoms with Crippen LogP contribution in [0.1, 0.15) is 40.5 Å². The summed E-state index contributed by atoms with van der Waals surface area (Å²) in [6.07, 6.45) is 6.16. The van der Waals surface area contributed by atoms with Gasteiger partial charge in [0, 0.05) is 12.6 Å². The van der Waals surface area contributed by atoms with Gasteiger partial charge in [-0.2, -0.15) is 0 Å². The van der Waals surface area contributed by atoms with Gasteiger partial charge in [-0.3, -0.25) is 0 Å². The van der Waals surface area contributed by atoms with Crippen molar-refractivity contribution in [3.63, 3.8) is 0 Å². The zero-order chi connectivity index (χ0) is 14.1. The van der Waals surface area contributed by atoms with E-state index in [2.05, 4.69) is 39.8 Å². The molecule has 19 heavy (non-hydrogen) atoms. The Hall–Kier alpha value is -0.775. The van der Waals surface area contributed by atoms with Crippen LogP contribution in [0.25, 0.3) is 0 Å². The van der Waals surface area contributed by atoms with Crippen molar-refractivity contribution in [1.82, 2.24) is 0 Å². The van der Waals surface area contributed by atoms with Crippen molar-refractivity contribution in [3.8, 4) is 0 Å². The smallest absolute Gasteiger partial charge is 0.468 e. The molecule has 4 nitrogen and oxygen atoms in total. The van der Waals surface area contributed by atoms with Gasteiger partial charge in [0.15, 0.2) is 6.79 Å². The maximum absolute atomic E-state index is 6.06. The Balaban J connectivity index is 2.13. The van der Waals surface area contributed by atoms with Crippen molar-refractivity contribution in [2.75, 3.05) is 13.9 Å². The van der Waals surface area contributed by atoms with Crippen molar-refractivity contribution in [2.24, 2.45) is 0 Å². The third-order valence-electron chi connectivity index (χ3n) is 3.98. The summed E-state index contributed by atoms with van der Waals surface area (Å²) in [6.45, 7) is 8.44. The van der Waals surface area contributed by atoms with Gasteiger partial charge in [0.05, 0.1) is 11.2 Å². The fourth-order valence-corrected chi connectivity index (χ4v) is 2.12. The molecule has 1 heterocycles. The topological polar surface area (TPSA) is 36.9 Å². The first-order valence-corrected chi connectivity index (χ1v) is 6.75. The second-order valence-electron chi connectivity index (χ2n) is 5.94. The number of ether oxygens (including phenoxy) is 2. The molecule has 5 heteroatoms. The largest absolute Gasteiger partial charge is 0.498 e. The molecule has 0 atom stereocenters. The van der Waals surface area contributed by atoms with Gasteiger partial charge in [0.2, 0.25) is 0 Å². The van der Waals surface area contributed by atoms with Crippen molar-refractivity contribution in [3.05, 3.63) is 23.4 Å². The first-order chi connectivity index (χ1) is 8.87. The van der Waals surface area contributed by atoms with Gasteiger partial charge in [-0.05, 0) is 46.6 Å². The summed E-state index contributed by atoms with van der Waals surface area (Å²) in [5.74, 6) is 0.812. The lowest BCUT2D eigenvalue weighted by Crippen LogP contribution is -2.41. The molecular weight excluding hydrogens is 243 g/mol. The normalized spacial score (nSPS) is 25.0. The Morgan fingerprint density at radius 3 is 2.26 bits per heavy atom. The minimum absolute atomic E-state index is 0.239. The van der Waals surface area contributed by atoms with Gasteiger partial charge in [0.25, 0.3) is 0 Å². The van der Waals surface area contributed by atoms with E-state index in [1.165, 1.54) is 0 Å². The summed E-state index contributed by atoms with van der Waals surface area (Å²) < 4.78 is 22.7. The molecule has 0 saturated carbocycles. The van der Waals surface area contributed by atoms with Crippen molar-refractivity contribution in [1.29, 1.82) is 0 Å². The molecule has 106 valence electrons. The Kier molecular flexibility index (Phi) is 4.09. The second kappa shape index (κ2) is 5.31. The molecule has 0 spiro atoms. The van der Waals surface area contributed by atoms with Crippen LogP contribution in [0.4, 0.5) is 0 Å². The van der Waals surface area contributed by atoms with E-state index in [1.807, 2.05) is 0 Å². The third-order valence-corrected chi connectivity index (χ3v) is 3.98. The van der Waals surface area contributed by atoms with Crippen LogP contribution < -0.4 is 0 Å². The van der Waals surface area contributed by atoms with Crippen LogP contribution in [-0.4, -0.2) is 32.2 Å². The highest BCUT2D eigenvalue weighted by molar-refractivity contribution is 6.56. The Morgan fingerprint density at radius 1 is 1.11 bits per heavy atom. The van der Waals surface area contributed by atoms with E-state index in [0.717, 1.165) is 24.1 Å². The zero-order valence-corrected chi connectivity index (χ0v) is 12.5. The van der Waals surface area contributed by atoms with Crippen LogP contribution in [0.15, 0.2) is 23.4 Å². The summed E-state index contributed by atoms with van der Waals surface area (Å²) in [6, 6.07) is 0. The van der Waals surface area contributed by atoms with Crippen LogP contribution in [0, 0.1) is 0 Å². The SMILES string of the molecule is COCOC1=CCCC=C1B1OC(C)(C)C(C)(C)O1. The molecule has 0 amide bonds. The molecule has 1 fully saturated rings. The molecule has 0 aromatic carbocycles. The van der Waals surface area contributed by atoms with E-state index >= 15 is 0 Å². The van der Waals surface area contributed by atoms with Crippen LogP contribution in [-0.2, 0) is 18.8 Å². The van der Waals surface area contributed by atoms with Crippen LogP contribution in [0.2, 0.25) is 0 Å².